The third kappa shape index (κ3) is 2.94. The molecule has 0 radical (unpaired) electrons. The third-order valence-electron chi connectivity index (χ3n) is 1.38. The van der Waals surface area contributed by atoms with Gasteiger partial charge in [-0.15, -0.1) is 11.8 Å². The predicted molar refractivity (Wildman–Crippen MR) is 54.5 cm³/mol. The van der Waals surface area contributed by atoms with Crippen molar-refractivity contribution >= 4 is 29.3 Å². The largest absolute Gasteiger partial charge is 0.425 e. The van der Waals surface area contributed by atoms with E-state index in [2.05, 4.69) is 0 Å². The van der Waals surface area contributed by atoms with Gasteiger partial charge in [0.2, 0.25) is 0 Å². The maximum absolute atomic E-state index is 10.7. The molecule has 0 bridgehead atoms. The number of ether oxygens (including phenoxy) is 1. The summed E-state index contributed by atoms with van der Waals surface area (Å²) in [5, 5.41) is 0.564. The summed E-state index contributed by atoms with van der Waals surface area (Å²) in [6.07, 6.45) is 1.91. The summed E-state index contributed by atoms with van der Waals surface area (Å²) >= 11 is 7.27. The molecule has 4 heteroatoms. The van der Waals surface area contributed by atoms with Crippen LogP contribution in [0.3, 0.4) is 0 Å². The average molecular weight is 217 g/mol. The first-order valence-corrected chi connectivity index (χ1v) is 5.25. The van der Waals surface area contributed by atoms with E-state index in [0.29, 0.717) is 10.8 Å². The lowest BCUT2D eigenvalue weighted by molar-refractivity contribution is -0.132. The quantitative estimate of drug-likeness (QED) is 0.432. The Bertz CT molecular complexity index is 325. The van der Waals surface area contributed by atoms with Crippen molar-refractivity contribution in [2.75, 3.05) is 6.26 Å². The van der Waals surface area contributed by atoms with E-state index in [0.717, 1.165) is 4.90 Å². The van der Waals surface area contributed by atoms with Crippen LogP contribution < -0.4 is 4.74 Å². The number of benzene rings is 1. The summed E-state index contributed by atoms with van der Waals surface area (Å²) in [6, 6.07) is 5.22. The van der Waals surface area contributed by atoms with Crippen LogP contribution in [-0.4, -0.2) is 12.2 Å². The minimum atomic E-state index is -0.336. The molecule has 0 aliphatic carbocycles. The maximum Gasteiger partial charge on any atom is 0.308 e. The van der Waals surface area contributed by atoms with Gasteiger partial charge in [0.15, 0.2) is 0 Å². The standard InChI is InChI=1S/C9H9ClO2S/c1-6(11)12-8-5-7(10)3-4-9(8)13-2/h3-5H,1-2H3. The lowest BCUT2D eigenvalue weighted by Gasteiger charge is -2.06. The number of rotatable bonds is 2. The van der Waals surface area contributed by atoms with Gasteiger partial charge in [-0.1, -0.05) is 11.6 Å². The van der Waals surface area contributed by atoms with Gasteiger partial charge in [0, 0.05) is 22.9 Å². The van der Waals surface area contributed by atoms with E-state index in [9.17, 15) is 4.79 Å². The summed E-state index contributed by atoms with van der Waals surface area (Å²) in [5.74, 6) is 0.185. The van der Waals surface area contributed by atoms with Gasteiger partial charge in [-0.3, -0.25) is 4.79 Å². The molecule has 0 aliphatic rings. The lowest BCUT2D eigenvalue weighted by atomic mass is 10.3. The van der Waals surface area contributed by atoms with Crippen molar-refractivity contribution in [3.8, 4) is 5.75 Å². The molecule has 0 aliphatic heterocycles. The van der Waals surface area contributed by atoms with Crippen LogP contribution in [0.15, 0.2) is 23.1 Å². The minimum absolute atomic E-state index is 0.336. The fraction of sp³-hybridized carbons (Fsp3) is 0.222. The van der Waals surface area contributed by atoms with Crippen molar-refractivity contribution in [1.29, 1.82) is 0 Å². The zero-order valence-electron chi connectivity index (χ0n) is 7.33. The predicted octanol–water partition coefficient (Wildman–Crippen LogP) is 2.99. The first-order valence-electron chi connectivity index (χ1n) is 3.65. The Balaban J connectivity index is 3.01. The van der Waals surface area contributed by atoms with Crippen molar-refractivity contribution in [3.05, 3.63) is 23.2 Å². The molecule has 0 fully saturated rings. The summed E-state index contributed by atoms with van der Waals surface area (Å²) in [7, 11) is 0. The van der Waals surface area contributed by atoms with E-state index < -0.39 is 0 Å². The molecule has 0 atom stereocenters. The van der Waals surface area contributed by atoms with Crippen LogP contribution in [0.5, 0.6) is 5.75 Å². The Labute approximate surface area is 86.2 Å². The van der Waals surface area contributed by atoms with Crippen molar-refractivity contribution < 1.29 is 9.53 Å². The summed E-state index contributed by atoms with van der Waals surface area (Å²) in [4.78, 5) is 11.6. The smallest absolute Gasteiger partial charge is 0.308 e. The summed E-state index contributed by atoms with van der Waals surface area (Å²) in [5.41, 5.74) is 0. The highest BCUT2D eigenvalue weighted by Gasteiger charge is 2.05. The van der Waals surface area contributed by atoms with Gasteiger partial charge < -0.3 is 4.74 Å². The molecule has 1 aromatic carbocycles. The van der Waals surface area contributed by atoms with Gasteiger partial charge in [0.05, 0.1) is 0 Å². The Kier molecular flexibility index (Phi) is 3.63. The second kappa shape index (κ2) is 4.53. The van der Waals surface area contributed by atoms with E-state index in [1.165, 1.54) is 18.7 Å². The highest BCUT2D eigenvalue weighted by molar-refractivity contribution is 7.98. The maximum atomic E-state index is 10.7. The van der Waals surface area contributed by atoms with Crippen LogP contribution in [0.2, 0.25) is 5.02 Å². The Morgan fingerprint density at radius 3 is 2.77 bits per heavy atom. The molecule has 2 nitrogen and oxygen atoms in total. The summed E-state index contributed by atoms with van der Waals surface area (Å²) < 4.78 is 4.97. The fourth-order valence-corrected chi connectivity index (χ4v) is 1.55. The first-order chi connectivity index (χ1) is 6.13. The number of thioether (sulfide) groups is 1. The van der Waals surface area contributed by atoms with Crippen LogP contribution in [0, 0.1) is 0 Å². The van der Waals surface area contributed by atoms with Crippen molar-refractivity contribution in [2.24, 2.45) is 0 Å². The monoisotopic (exact) mass is 216 g/mol. The van der Waals surface area contributed by atoms with Gasteiger partial charge in [-0.2, -0.15) is 0 Å². The van der Waals surface area contributed by atoms with Crippen LogP contribution in [0.1, 0.15) is 6.92 Å². The van der Waals surface area contributed by atoms with Crippen molar-refractivity contribution in [2.45, 2.75) is 11.8 Å². The molecule has 1 aromatic rings. The number of hydrogen-bond acceptors (Lipinski definition) is 3. The fourth-order valence-electron chi connectivity index (χ4n) is 0.885. The molecule has 0 unspecified atom stereocenters. The van der Waals surface area contributed by atoms with Crippen molar-refractivity contribution in [3.63, 3.8) is 0 Å². The van der Waals surface area contributed by atoms with Crippen LogP contribution in [0.4, 0.5) is 0 Å². The zero-order valence-corrected chi connectivity index (χ0v) is 8.91. The molecule has 0 spiro atoms. The number of halogens is 1. The van der Waals surface area contributed by atoms with Gasteiger partial charge in [0.1, 0.15) is 5.75 Å². The Morgan fingerprint density at radius 2 is 2.23 bits per heavy atom. The van der Waals surface area contributed by atoms with E-state index in [-0.39, 0.29) is 5.97 Å². The molecule has 0 saturated heterocycles. The molecule has 0 heterocycles. The molecule has 0 N–H and O–H groups in total. The van der Waals surface area contributed by atoms with Crippen molar-refractivity contribution in [1.82, 2.24) is 0 Å². The minimum Gasteiger partial charge on any atom is -0.425 e. The molecule has 13 heavy (non-hydrogen) atoms. The molecular weight excluding hydrogens is 208 g/mol. The average Bonchev–Trinajstić information content (AvgIpc) is 2.03. The molecule has 0 aromatic heterocycles. The normalized spacial score (nSPS) is 9.77. The molecular formula is C9H9ClO2S. The van der Waals surface area contributed by atoms with E-state index in [1.807, 2.05) is 12.3 Å². The van der Waals surface area contributed by atoms with E-state index in [4.69, 9.17) is 16.3 Å². The second-order valence-electron chi connectivity index (χ2n) is 2.39. The lowest BCUT2D eigenvalue weighted by Crippen LogP contribution is -2.02. The number of carbonyl (C=O) groups is 1. The van der Waals surface area contributed by atoms with Gasteiger partial charge in [-0.05, 0) is 18.4 Å². The molecule has 0 amide bonds. The van der Waals surface area contributed by atoms with Crippen LogP contribution in [0.25, 0.3) is 0 Å². The van der Waals surface area contributed by atoms with Gasteiger partial charge >= 0.3 is 5.97 Å². The Morgan fingerprint density at radius 1 is 1.54 bits per heavy atom. The van der Waals surface area contributed by atoms with Gasteiger partial charge in [0.25, 0.3) is 0 Å². The highest BCUT2D eigenvalue weighted by atomic mass is 35.5. The highest BCUT2D eigenvalue weighted by Crippen LogP contribution is 2.30. The molecule has 0 saturated carbocycles. The van der Waals surface area contributed by atoms with E-state index in [1.54, 1.807) is 12.1 Å². The number of esters is 1. The zero-order chi connectivity index (χ0) is 9.84. The van der Waals surface area contributed by atoms with Gasteiger partial charge in [-0.25, -0.2) is 0 Å². The number of carbonyl (C=O) groups excluding carboxylic acids is 1. The first kappa shape index (κ1) is 10.4. The summed E-state index contributed by atoms with van der Waals surface area (Å²) in [6.45, 7) is 1.37. The van der Waals surface area contributed by atoms with E-state index >= 15 is 0 Å². The molecule has 1 rings (SSSR count). The van der Waals surface area contributed by atoms with Crippen LogP contribution >= 0.6 is 23.4 Å². The molecule has 70 valence electrons. The Hall–Kier alpha value is -0.670. The number of hydrogen-bond donors (Lipinski definition) is 0. The third-order valence-corrected chi connectivity index (χ3v) is 2.39. The van der Waals surface area contributed by atoms with Crippen LogP contribution in [-0.2, 0) is 4.79 Å². The topological polar surface area (TPSA) is 26.3 Å². The SMILES string of the molecule is CSc1ccc(Cl)cc1OC(C)=O. The second-order valence-corrected chi connectivity index (χ2v) is 3.67.